The van der Waals surface area contributed by atoms with Crippen LogP contribution >= 0.6 is 0 Å². The molecular weight excluding hydrogens is 268 g/mol. The van der Waals surface area contributed by atoms with E-state index in [1.54, 1.807) is 23.3 Å². The van der Waals surface area contributed by atoms with Gasteiger partial charge in [0.2, 0.25) is 10.0 Å². The van der Waals surface area contributed by atoms with Gasteiger partial charge >= 0.3 is 0 Å². The number of pyridine rings is 1. The van der Waals surface area contributed by atoms with E-state index in [-0.39, 0.29) is 11.4 Å². The van der Waals surface area contributed by atoms with Crippen molar-refractivity contribution >= 4 is 15.8 Å². The molecule has 102 valence electrons. The predicted molar refractivity (Wildman–Crippen MR) is 69.5 cm³/mol. The molecule has 0 saturated heterocycles. The Balaban J connectivity index is 1.97. The molecule has 0 unspecified atom stereocenters. The van der Waals surface area contributed by atoms with E-state index in [4.69, 9.17) is 5.84 Å². The van der Waals surface area contributed by atoms with E-state index in [0.717, 1.165) is 0 Å². The molecule has 0 amide bonds. The summed E-state index contributed by atoms with van der Waals surface area (Å²) in [6.07, 6.45) is 6.26. The first-order chi connectivity index (χ1) is 9.12. The van der Waals surface area contributed by atoms with E-state index in [1.165, 1.54) is 18.3 Å². The Labute approximate surface area is 110 Å². The van der Waals surface area contributed by atoms with Gasteiger partial charge in [-0.25, -0.2) is 29.0 Å². The van der Waals surface area contributed by atoms with E-state index in [9.17, 15) is 8.42 Å². The normalized spacial score (nSPS) is 11.4. The smallest absolute Gasteiger partial charge is 0.242 e. The maximum absolute atomic E-state index is 11.9. The average molecular weight is 282 g/mol. The molecule has 2 aromatic heterocycles. The van der Waals surface area contributed by atoms with E-state index >= 15 is 0 Å². The first-order valence-electron chi connectivity index (χ1n) is 5.50. The van der Waals surface area contributed by atoms with Crippen LogP contribution in [0, 0.1) is 0 Å². The van der Waals surface area contributed by atoms with Crippen LogP contribution in [0.1, 0.15) is 0 Å². The quantitative estimate of drug-likeness (QED) is 0.488. The third kappa shape index (κ3) is 3.50. The lowest BCUT2D eigenvalue weighted by molar-refractivity contribution is 0.572. The third-order valence-corrected chi connectivity index (χ3v) is 3.86. The Bertz CT molecular complexity index is 608. The van der Waals surface area contributed by atoms with Crippen LogP contribution in [0.4, 0.5) is 5.82 Å². The predicted octanol–water partition coefficient (Wildman–Crippen LogP) is -0.458. The van der Waals surface area contributed by atoms with Gasteiger partial charge < -0.3 is 9.99 Å². The molecule has 0 aliphatic carbocycles. The molecule has 0 fully saturated rings. The average Bonchev–Trinajstić information content (AvgIpc) is 2.92. The zero-order chi connectivity index (χ0) is 13.7. The Morgan fingerprint density at radius 3 is 2.79 bits per heavy atom. The number of hydrogen-bond donors (Lipinski definition) is 3. The summed E-state index contributed by atoms with van der Waals surface area (Å²) in [5.74, 6) is 5.56. The van der Waals surface area contributed by atoms with Crippen LogP contribution in [0.5, 0.6) is 0 Å². The van der Waals surface area contributed by atoms with Gasteiger partial charge in [-0.05, 0) is 12.1 Å². The van der Waals surface area contributed by atoms with Gasteiger partial charge in [-0.15, -0.1) is 0 Å². The number of sulfonamides is 1. The maximum Gasteiger partial charge on any atom is 0.242 e. The van der Waals surface area contributed by atoms with Gasteiger partial charge in [0.05, 0.1) is 6.33 Å². The fourth-order valence-electron chi connectivity index (χ4n) is 1.44. The summed E-state index contributed by atoms with van der Waals surface area (Å²) < 4.78 is 28.1. The highest BCUT2D eigenvalue weighted by Crippen LogP contribution is 2.09. The lowest BCUT2D eigenvalue weighted by Gasteiger charge is -2.07. The molecule has 2 rings (SSSR count). The van der Waals surface area contributed by atoms with Crippen molar-refractivity contribution in [1.29, 1.82) is 0 Å². The summed E-state index contributed by atoms with van der Waals surface area (Å²) in [4.78, 5) is 7.82. The standard InChI is InChI=1S/C10H14N6O2S/c11-15-10-2-1-9(7-13-10)19(17,18)14-4-6-16-5-3-12-8-16/h1-3,5,7-8,14H,4,6,11H2,(H,13,15). The highest BCUT2D eigenvalue weighted by atomic mass is 32.2. The van der Waals surface area contributed by atoms with Crippen LogP contribution < -0.4 is 16.0 Å². The minimum absolute atomic E-state index is 0.0946. The van der Waals surface area contributed by atoms with Crippen LogP contribution in [-0.2, 0) is 16.6 Å². The number of rotatable bonds is 6. The minimum Gasteiger partial charge on any atom is -0.336 e. The molecule has 9 heteroatoms. The van der Waals surface area contributed by atoms with Gasteiger partial charge in [0.15, 0.2) is 0 Å². The summed E-state index contributed by atoms with van der Waals surface area (Å²) in [5, 5.41) is 0. The summed E-state index contributed by atoms with van der Waals surface area (Å²) in [6, 6.07) is 2.92. The second-order valence-electron chi connectivity index (χ2n) is 3.72. The van der Waals surface area contributed by atoms with Crippen molar-refractivity contribution in [2.75, 3.05) is 12.0 Å². The first kappa shape index (κ1) is 13.5. The summed E-state index contributed by atoms with van der Waals surface area (Å²) in [5.41, 5.74) is 2.33. The largest absolute Gasteiger partial charge is 0.336 e. The molecule has 8 nitrogen and oxygen atoms in total. The van der Waals surface area contributed by atoms with E-state index in [2.05, 4.69) is 20.1 Å². The van der Waals surface area contributed by atoms with E-state index in [1.807, 2.05) is 0 Å². The second-order valence-corrected chi connectivity index (χ2v) is 5.49. The Hall–Kier alpha value is -1.97. The van der Waals surface area contributed by atoms with E-state index < -0.39 is 10.0 Å². The van der Waals surface area contributed by atoms with Gasteiger partial charge in [0, 0.05) is 31.7 Å². The van der Waals surface area contributed by atoms with Crippen molar-refractivity contribution in [2.24, 2.45) is 5.84 Å². The number of nitrogens with two attached hydrogens (primary N) is 1. The van der Waals surface area contributed by atoms with Crippen LogP contribution in [0.2, 0.25) is 0 Å². The molecular formula is C10H14N6O2S. The van der Waals surface area contributed by atoms with Crippen molar-refractivity contribution in [2.45, 2.75) is 11.4 Å². The van der Waals surface area contributed by atoms with Crippen molar-refractivity contribution < 1.29 is 8.42 Å². The Morgan fingerprint density at radius 1 is 1.37 bits per heavy atom. The lowest BCUT2D eigenvalue weighted by Crippen LogP contribution is -2.27. The fourth-order valence-corrected chi connectivity index (χ4v) is 2.40. The number of hydrogen-bond acceptors (Lipinski definition) is 6. The zero-order valence-electron chi connectivity index (χ0n) is 10.0. The van der Waals surface area contributed by atoms with Crippen molar-refractivity contribution in [3.63, 3.8) is 0 Å². The number of aromatic nitrogens is 3. The number of nitrogens with zero attached hydrogens (tertiary/aromatic N) is 3. The van der Waals surface area contributed by atoms with Gasteiger partial charge in [0.1, 0.15) is 10.7 Å². The summed E-state index contributed by atoms with van der Waals surface area (Å²) >= 11 is 0. The zero-order valence-corrected chi connectivity index (χ0v) is 10.8. The highest BCUT2D eigenvalue weighted by molar-refractivity contribution is 7.89. The third-order valence-electron chi connectivity index (χ3n) is 2.42. The van der Waals surface area contributed by atoms with Gasteiger partial charge in [-0.1, -0.05) is 0 Å². The second kappa shape index (κ2) is 5.78. The topological polar surface area (TPSA) is 115 Å². The highest BCUT2D eigenvalue weighted by Gasteiger charge is 2.13. The number of nitrogen functional groups attached to an aromatic ring is 1. The molecule has 0 spiro atoms. The Morgan fingerprint density at radius 2 is 2.21 bits per heavy atom. The number of anilines is 1. The molecule has 0 atom stereocenters. The molecule has 0 radical (unpaired) electrons. The molecule has 19 heavy (non-hydrogen) atoms. The molecule has 0 saturated carbocycles. The number of imidazole rings is 1. The summed E-state index contributed by atoms with van der Waals surface area (Å²) in [7, 11) is -3.55. The fraction of sp³-hybridized carbons (Fsp3) is 0.200. The molecule has 0 aliphatic heterocycles. The number of hydrazine groups is 1. The molecule has 0 aliphatic rings. The SMILES string of the molecule is NNc1ccc(S(=O)(=O)NCCn2ccnc2)cn1. The van der Waals surface area contributed by atoms with Crippen molar-refractivity contribution in [1.82, 2.24) is 19.3 Å². The molecule has 2 aromatic rings. The van der Waals surface area contributed by atoms with Crippen LogP contribution in [0.15, 0.2) is 41.9 Å². The maximum atomic E-state index is 11.9. The monoisotopic (exact) mass is 282 g/mol. The molecule has 0 aromatic carbocycles. The molecule has 2 heterocycles. The van der Waals surface area contributed by atoms with Gasteiger partial charge in [0.25, 0.3) is 0 Å². The summed E-state index contributed by atoms with van der Waals surface area (Å²) in [6.45, 7) is 0.782. The molecule has 0 bridgehead atoms. The minimum atomic E-state index is -3.55. The van der Waals surface area contributed by atoms with Crippen LogP contribution in [0.3, 0.4) is 0 Å². The van der Waals surface area contributed by atoms with Crippen LogP contribution in [0.25, 0.3) is 0 Å². The Kier molecular flexibility index (Phi) is 4.10. The van der Waals surface area contributed by atoms with Crippen LogP contribution in [-0.4, -0.2) is 29.5 Å². The van der Waals surface area contributed by atoms with Gasteiger partial charge in [-0.3, -0.25) is 0 Å². The van der Waals surface area contributed by atoms with Crippen molar-refractivity contribution in [3.05, 3.63) is 37.1 Å². The van der Waals surface area contributed by atoms with E-state index in [0.29, 0.717) is 12.4 Å². The van der Waals surface area contributed by atoms with Crippen molar-refractivity contribution in [3.8, 4) is 0 Å². The first-order valence-corrected chi connectivity index (χ1v) is 6.98. The molecule has 4 N–H and O–H groups in total. The van der Waals surface area contributed by atoms with Gasteiger partial charge in [-0.2, -0.15) is 0 Å². The lowest BCUT2D eigenvalue weighted by atomic mass is 10.5. The number of nitrogens with one attached hydrogen (secondary N) is 2.